The van der Waals surface area contributed by atoms with E-state index in [0.29, 0.717) is 11.4 Å². The molecule has 0 aliphatic carbocycles. The average molecular weight is 282 g/mol. The summed E-state index contributed by atoms with van der Waals surface area (Å²) in [6, 6.07) is 10.5. The van der Waals surface area contributed by atoms with Crippen molar-refractivity contribution in [1.29, 1.82) is 0 Å². The number of pyridine rings is 1. The number of rotatable bonds is 4. The zero-order chi connectivity index (χ0) is 14.8. The molecule has 2 aromatic heterocycles. The van der Waals surface area contributed by atoms with E-state index in [1.54, 1.807) is 24.0 Å². The summed E-state index contributed by atoms with van der Waals surface area (Å²) in [5, 5.41) is 17.3. The Balaban J connectivity index is 1.92. The smallest absolute Gasteiger partial charge is 0.330 e. The van der Waals surface area contributed by atoms with Gasteiger partial charge in [0, 0.05) is 24.2 Å². The number of benzene rings is 1. The molecule has 2 heterocycles. The molecule has 0 radical (unpaired) electrons. The van der Waals surface area contributed by atoms with Crippen LogP contribution in [0.2, 0.25) is 0 Å². The summed E-state index contributed by atoms with van der Waals surface area (Å²) in [7, 11) is 1.75. The first-order valence-corrected chi connectivity index (χ1v) is 6.47. The van der Waals surface area contributed by atoms with Crippen molar-refractivity contribution in [3.63, 3.8) is 0 Å². The summed E-state index contributed by atoms with van der Waals surface area (Å²) in [6.45, 7) is 0. The van der Waals surface area contributed by atoms with Gasteiger partial charge in [-0.25, -0.2) is 9.78 Å². The molecule has 1 atom stereocenters. The molecular weight excluding hydrogens is 268 g/mol. The molecule has 0 aliphatic heterocycles. The molecule has 0 saturated heterocycles. The standard InChI is InChI=1S/C15H14N4O2/c1-19-9-11(8-16-19)14(15(20)21)18-13-7-6-10-4-2-3-5-12(10)17-13/h2-9,14H,1H3,(H,17,18)(H,20,21). The number of nitrogens with one attached hydrogen (secondary N) is 1. The van der Waals surface area contributed by atoms with Crippen LogP contribution in [0.25, 0.3) is 10.9 Å². The fourth-order valence-electron chi connectivity index (χ4n) is 2.17. The van der Waals surface area contributed by atoms with Gasteiger partial charge in [0.2, 0.25) is 0 Å². The van der Waals surface area contributed by atoms with E-state index in [0.717, 1.165) is 10.9 Å². The Labute approximate surface area is 121 Å². The van der Waals surface area contributed by atoms with E-state index in [1.165, 1.54) is 6.20 Å². The fraction of sp³-hybridized carbons (Fsp3) is 0.133. The third-order valence-electron chi connectivity index (χ3n) is 3.20. The number of carboxylic acid groups (broad SMARTS) is 1. The minimum atomic E-state index is -0.974. The molecule has 3 rings (SSSR count). The maximum Gasteiger partial charge on any atom is 0.330 e. The van der Waals surface area contributed by atoms with Gasteiger partial charge in [0.1, 0.15) is 5.82 Å². The van der Waals surface area contributed by atoms with Crippen molar-refractivity contribution in [2.75, 3.05) is 5.32 Å². The monoisotopic (exact) mass is 282 g/mol. The van der Waals surface area contributed by atoms with E-state index in [4.69, 9.17) is 0 Å². The second-order valence-corrected chi connectivity index (χ2v) is 4.75. The quantitative estimate of drug-likeness (QED) is 0.767. The molecule has 0 fully saturated rings. The van der Waals surface area contributed by atoms with Gasteiger partial charge in [-0.05, 0) is 18.2 Å². The minimum Gasteiger partial charge on any atom is -0.479 e. The number of para-hydroxylation sites is 1. The highest BCUT2D eigenvalue weighted by atomic mass is 16.4. The second kappa shape index (κ2) is 5.24. The zero-order valence-corrected chi connectivity index (χ0v) is 11.4. The normalized spacial score (nSPS) is 12.2. The molecule has 0 spiro atoms. The van der Waals surface area contributed by atoms with E-state index < -0.39 is 12.0 Å². The van der Waals surface area contributed by atoms with Crippen molar-refractivity contribution in [3.8, 4) is 0 Å². The van der Waals surface area contributed by atoms with E-state index in [9.17, 15) is 9.90 Å². The van der Waals surface area contributed by atoms with Crippen LogP contribution in [0.4, 0.5) is 5.82 Å². The first kappa shape index (κ1) is 13.1. The largest absolute Gasteiger partial charge is 0.479 e. The van der Waals surface area contributed by atoms with Gasteiger partial charge in [-0.3, -0.25) is 4.68 Å². The number of aromatic nitrogens is 3. The second-order valence-electron chi connectivity index (χ2n) is 4.75. The van der Waals surface area contributed by atoms with Gasteiger partial charge in [-0.2, -0.15) is 5.10 Å². The number of aryl methyl sites for hydroxylation is 1. The number of fused-ring (bicyclic) bond motifs is 1. The molecule has 2 N–H and O–H groups in total. The Bertz CT molecular complexity index is 797. The molecule has 0 bridgehead atoms. The van der Waals surface area contributed by atoms with Gasteiger partial charge in [0.15, 0.2) is 6.04 Å². The van der Waals surface area contributed by atoms with Crippen molar-refractivity contribution < 1.29 is 9.90 Å². The number of hydrogen-bond donors (Lipinski definition) is 2. The highest BCUT2D eigenvalue weighted by molar-refractivity contribution is 5.82. The van der Waals surface area contributed by atoms with Gasteiger partial charge in [0.25, 0.3) is 0 Å². The molecule has 106 valence electrons. The van der Waals surface area contributed by atoms with Crippen molar-refractivity contribution in [1.82, 2.24) is 14.8 Å². The first-order valence-electron chi connectivity index (χ1n) is 6.47. The van der Waals surface area contributed by atoms with Crippen LogP contribution in [-0.2, 0) is 11.8 Å². The lowest BCUT2D eigenvalue weighted by molar-refractivity contribution is -0.138. The number of aliphatic carboxylic acids is 1. The van der Waals surface area contributed by atoms with Crippen LogP contribution in [0.1, 0.15) is 11.6 Å². The lowest BCUT2D eigenvalue weighted by Crippen LogP contribution is -2.20. The highest BCUT2D eigenvalue weighted by Gasteiger charge is 2.21. The third kappa shape index (κ3) is 2.69. The van der Waals surface area contributed by atoms with E-state index in [1.807, 2.05) is 30.3 Å². The summed E-state index contributed by atoms with van der Waals surface area (Å²) in [5.74, 6) is -0.456. The fourth-order valence-corrected chi connectivity index (χ4v) is 2.17. The summed E-state index contributed by atoms with van der Waals surface area (Å²) >= 11 is 0. The van der Waals surface area contributed by atoms with E-state index >= 15 is 0 Å². The lowest BCUT2D eigenvalue weighted by Gasteiger charge is -2.13. The number of carboxylic acids is 1. The van der Waals surface area contributed by atoms with Gasteiger partial charge in [-0.1, -0.05) is 18.2 Å². The maximum absolute atomic E-state index is 11.4. The van der Waals surface area contributed by atoms with Crippen LogP contribution in [0.15, 0.2) is 48.8 Å². The molecule has 0 amide bonds. The number of anilines is 1. The SMILES string of the molecule is Cn1cc(C(Nc2ccc3ccccc3n2)C(=O)O)cn1. The molecule has 0 aliphatic rings. The average Bonchev–Trinajstić information content (AvgIpc) is 2.90. The highest BCUT2D eigenvalue weighted by Crippen LogP contribution is 2.20. The third-order valence-corrected chi connectivity index (χ3v) is 3.20. The summed E-state index contributed by atoms with van der Waals surface area (Å²) in [4.78, 5) is 15.9. The summed E-state index contributed by atoms with van der Waals surface area (Å²) in [6.07, 6.45) is 3.21. The Kier molecular flexibility index (Phi) is 3.27. The Morgan fingerprint density at radius 1 is 1.29 bits per heavy atom. The van der Waals surface area contributed by atoms with Gasteiger partial charge in [-0.15, -0.1) is 0 Å². The molecule has 6 nitrogen and oxygen atoms in total. The Morgan fingerprint density at radius 3 is 2.81 bits per heavy atom. The molecule has 3 aromatic rings. The molecule has 1 unspecified atom stereocenters. The Morgan fingerprint density at radius 2 is 2.10 bits per heavy atom. The van der Waals surface area contributed by atoms with E-state index in [-0.39, 0.29) is 0 Å². The zero-order valence-electron chi connectivity index (χ0n) is 11.4. The van der Waals surface area contributed by atoms with Crippen LogP contribution >= 0.6 is 0 Å². The van der Waals surface area contributed by atoms with Crippen LogP contribution in [0, 0.1) is 0 Å². The van der Waals surface area contributed by atoms with Crippen LogP contribution in [-0.4, -0.2) is 25.8 Å². The van der Waals surface area contributed by atoms with Gasteiger partial charge >= 0.3 is 5.97 Å². The van der Waals surface area contributed by atoms with Crippen molar-refractivity contribution in [3.05, 3.63) is 54.4 Å². The van der Waals surface area contributed by atoms with Crippen molar-refractivity contribution >= 4 is 22.7 Å². The number of hydrogen-bond acceptors (Lipinski definition) is 4. The number of carbonyl (C=O) groups is 1. The first-order chi connectivity index (χ1) is 10.1. The predicted molar refractivity (Wildman–Crippen MR) is 79.0 cm³/mol. The molecular formula is C15H14N4O2. The topological polar surface area (TPSA) is 80.0 Å². The van der Waals surface area contributed by atoms with Crippen LogP contribution in [0.5, 0.6) is 0 Å². The van der Waals surface area contributed by atoms with Crippen molar-refractivity contribution in [2.45, 2.75) is 6.04 Å². The Hall–Kier alpha value is -2.89. The maximum atomic E-state index is 11.4. The van der Waals surface area contributed by atoms with Crippen LogP contribution < -0.4 is 5.32 Å². The van der Waals surface area contributed by atoms with Gasteiger partial charge < -0.3 is 10.4 Å². The molecule has 1 aromatic carbocycles. The number of nitrogens with zero attached hydrogens (tertiary/aromatic N) is 3. The summed E-state index contributed by atoms with van der Waals surface area (Å²) < 4.78 is 1.57. The lowest BCUT2D eigenvalue weighted by atomic mass is 10.1. The van der Waals surface area contributed by atoms with Crippen LogP contribution in [0.3, 0.4) is 0 Å². The van der Waals surface area contributed by atoms with Crippen molar-refractivity contribution in [2.24, 2.45) is 7.05 Å². The van der Waals surface area contributed by atoms with Gasteiger partial charge in [0.05, 0.1) is 11.7 Å². The minimum absolute atomic E-state index is 0.518. The summed E-state index contributed by atoms with van der Waals surface area (Å²) in [5.41, 5.74) is 1.40. The molecule has 0 saturated carbocycles. The molecule has 6 heteroatoms. The van der Waals surface area contributed by atoms with E-state index in [2.05, 4.69) is 15.4 Å². The predicted octanol–water partition coefficient (Wildman–Crippen LogP) is 2.21. The molecule has 21 heavy (non-hydrogen) atoms.